The zero-order chi connectivity index (χ0) is 16.3. The van der Waals surface area contributed by atoms with Gasteiger partial charge in [0.05, 0.1) is 10.6 Å². The maximum Gasteiger partial charge on any atom is 0.358 e. The van der Waals surface area contributed by atoms with Crippen LogP contribution in [0, 0.1) is 10.1 Å². The molecule has 1 heterocycles. The van der Waals surface area contributed by atoms with E-state index in [1.807, 2.05) is 6.92 Å². The molecule has 1 N–H and O–H groups in total. The second-order valence-corrected chi connectivity index (χ2v) is 4.64. The molecule has 2 rings (SSSR count). The summed E-state index contributed by atoms with van der Waals surface area (Å²) in [7, 11) is 0. The van der Waals surface area contributed by atoms with Crippen LogP contribution in [0.1, 0.15) is 31.0 Å². The number of carbonyl (C=O) groups is 1. The number of nitrogens with one attached hydrogen (secondary N) is 1. The third-order valence-corrected chi connectivity index (χ3v) is 3.11. The molecule has 116 valence electrons. The average molecular weight is 306 g/mol. The van der Waals surface area contributed by atoms with Gasteiger partial charge in [0.25, 0.3) is 5.69 Å². The maximum absolute atomic E-state index is 12.2. The molecule has 0 saturated heterocycles. The Morgan fingerprint density at radius 2 is 1.91 bits per heavy atom. The molecule has 0 bridgehead atoms. The standard InChI is InChI=1S/C13H14N4O5/c1-2-3-4-11(18)16-13(20)15(12(19)14-16)9-5-7-10(8-6-9)17(21)22/h5-8H,2-4H2,1H3,(H,14,19). The molecule has 1 aromatic heterocycles. The van der Waals surface area contributed by atoms with Crippen LogP contribution in [-0.4, -0.2) is 25.2 Å². The molecule has 9 nitrogen and oxygen atoms in total. The van der Waals surface area contributed by atoms with Crippen molar-refractivity contribution in [3.63, 3.8) is 0 Å². The number of aromatic nitrogens is 3. The van der Waals surface area contributed by atoms with Crippen LogP contribution in [-0.2, 0) is 0 Å². The number of aromatic amines is 1. The van der Waals surface area contributed by atoms with Crippen molar-refractivity contribution in [1.29, 1.82) is 0 Å². The van der Waals surface area contributed by atoms with E-state index in [0.717, 1.165) is 11.0 Å². The largest absolute Gasteiger partial charge is 0.358 e. The third kappa shape index (κ3) is 2.87. The maximum atomic E-state index is 12.2. The fourth-order valence-electron chi connectivity index (χ4n) is 1.94. The molecular formula is C13H14N4O5. The van der Waals surface area contributed by atoms with E-state index < -0.39 is 22.2 Å². The summed E-state index contributed by atoms with van der Waals surface area (Å²) in [6.07, 6.45) is 1.54. The highest BCUT2D eigenvalue weighted by Crippen LogP contribution is 2.12. The first-order chi connectivity index (χ1) is 10.5. The Morgan fingerprint density at radius 3 is 2.45 bits per heavy atom. The van der Waals surface area contributed by atoms with Gasteiger partial charge in [-0.25, -0.2) is 19.3 Å². The van der Waals surface area contributed by atoms with E-state index in [9.17, 15) is 24.5 Å². The van der Waals surface area contributed by atoms with Crippen molar-refractivity contribution in [3.8, 4) is 5.69 Å². The zero-order valence-corrected chi connectivity index (χ0v) is 11.8. The molecule has 1 aromatic carbocycles. The van der Waals surface area contributed by atoms with Gasteiger partial charge in [0.1, 0.15) is 0 Å². The van der Waals surface area contributed by atoms with E-state index in [2.05, 4.69) is 5.10 Å². The lowest BCUT2D eigenvalue weighted by Gasteiger charge is -1.99. The summed E-state index contributed by atoms with van der Waals surface area (Å²) in [5.74, 6) is -0.496. The van der Waals surface area contributed by atoms with E-state index in [4.69, 9.17) is 0 Å². The number of non-ortho nitro benzene ring substituents is 1. The van der Waals surface area contributed by atoms with Gasteiger partial charge in [-0.05, 0) is 18.6 Å². The van der Waals surface area contributed by atoms with Crippen LogP contribution in [0.5, 0.6) is 0 Å². The van der Waals surface area contributed by atoms with Crippen LogP contribution in [0.2, 0.25) is 0 Å². The Balaban J connectivity index is 2.42. The van der Waals surface area contributed by atoms with Gasteiger partial charge in [0.2, 0.25) is 5.91 Å². The van der Waals surface area contributed by atoms with Gasteiger partial charge >= 0.3 is 11.4 Å². The summed E-state index contributed by atoms with van der Waals surface area (Å²) in [6, 6.07) is 4.90. The number of rotatable bonds is 5. The van der Waals surface area contributed by atoms with Crippen LogP contribution in [0.15, 0.2) is 33.9 Å². The normalized spacial score (nSPS) is 10.6. The Labute approximate surface area is 123 Å². The Kier molecular flexibility index (Phi) is 4.35. The minimum absolute atomic E-state index is 0.149. The molecule has 22 heavy (non-hydrogen) atoms. The predicted octanol–water partition coefficient (Wildman–Crippen LogP) is 1.07. The molecule has 0 aliphatic rings. The lowest BCUT2D eigenvalue weighted by molar-refractivity contribution is -0.384. The van der Waals surface area contributed by atoms with Crippen LogP contribution in [0.4, 0.5) is 5.69 Å². The van der Waals surface area contributed by atoms with Gasteiger partial charge in [-0.1, -0.05) is 13.3 Å². The van der Waals surface area contributed by atoms with Crippen LogP contribution >= 0.6 is 0 Å². The smallest absolute Gasteiger partial charge is 0.272 e. The summed E-state index contributed by atoms with van der Waals surface area (Å²) >= 11 is 0. The summed E-state index contributed by atoms with van der Waals surface area (Å²) in [5.41, 5.74) is -1.60. The van der Waals surface area contributed by atoms with Gasteiger partial charge in [0.15, 0.2) is 0 Å². The lowest BCUT2D eigenvalue weighted by atomic mass is 10.2. The Bertz CT molecular complexity index is 812. The molecule has 0 aliphatic heterocycles. The number of benzene rings is 1. The van der Waals surface area contributed by atoms with Crippen molar-refractivity contribution in [2.24, 2.45) is 0 Å². The summed E-state index contributed by atoms with van der Waals surface area (Å²) in [5, 5.41) is 12.8. The molecule has 0 unspecified atom stereocenters. The monoisotopic (exact) mass is 306 g/mol. The van der Waals surface area contributed by atoms with E-state index >= 15 is 0 Å². The lowest BCUT2D eigenvalue weighted by Crippen LogP contribution is -2.30. The summed E-state index contributed by atoms with van der Waals surface area (Å²) in [4.78, 5) is 45.9. The second kappa shape index (κ2) is 6.20. The number of H-pyrrole nitrogens is 1. The molecule has 0 spiro atoms. The molecule has 0 radical (unpaired) electrons. The third-order valence-electron chi connectivity index (χ3n) is 3.11. The Morgan fingerprint density at radius 1 is 1.27 bits per heavy atom. The van der Waals surface area contributed by atoms with E-state index in [1.165, 1.54) is 24.3 Å². The molecule has 0 saturated carbocycles. The fraction of sp³-hybridized carbons (Fsp3) is 0.308. The van der Waals surface area contributed by atoms with Crippen molar-refractivity contribution >= 4 is 11.6 Å². The first-order valence-electron chi connectivity index (χ1n) is 6.67. The second-order valence-electron chi connectivity index (χ2n) is 4.64. The number of nitro benzene ring substituents is 1. The van der Waals surface area contributed by atoms with E-state index in [-0.39, 0.29) is 17.8 Å². The quantitative estimate of drug-likeness (QED) is 0.654. The van der Waals surface area contributed by atoms with Crippen molar-refractivity contribution in [2.75, 3.05) is 0 Å². The number of nitrogens with zero attached hydrogens (tertiary/aromatic N) is 3. The molecule has 0 amide bonds. The molecule has 0 aliphatic carbocycles. The van der Waals surface area contributed by atoms with Gasteiger partial charge in [0, 0.05) is 18.6 Å². The molecule has 9 heteroatoms. The zero-order valence-electron chi connectivity index (χ0n) is 11.8. The minimum atomic E-state index is -0.819. The van der Waals surface area contributed by atoms with Crippen molar-refractivity contribution in [2.45, 2.75) is 26.2 Å². The topological polar surface area (TPSA) is 120 Å². The highest BCUT2D eigenvalue weighted by atomic mass is 16.6. The predicted molar refractivity (Wildman–Crippen MR) is 77.5 cm³/mol. The van der Waals surface area contributed by atoms with Gasteiger partial charge < -0.3 is 0 Å². The van der Waals surface area contributed by atoms with E-state index in [0.29, 0.717) is 11.1 Å². The number of hydrogen-bond donors (Lipinski definition) is 1. The molecular weight excluding hydrogens is 292 g/mol. The molecule has 0 fully saturated rings. The van der Waals surface area contributed by atoms with Crippen LogP contribution in [0.25, 0.3) is 5.69 Å². The number of hydrogen-bond acceptors (Lipinski definition) is 5. The van der Waals surface area contributed by atoms with Gasteiger partial charge in [-0.15, -0.1) is 0 Å². The van der Waals surface area contributed by atoms with Crippen molar-refractivity contribution in [1.82, 2.24) is 14.3 Å². The Hall–Kier alpha value is -2.97. The van der Waals surface area contributed by atoms with Crippen molar-refractivity contribution < 1.29 is 9.72 Å². The highest BCUT2D eigenvalue weighted by Gasteiger charge is 2.16. The average Bonchev–Trinajstić information content (AvgIpc) is 2.80. The van der Waals surface area contributed by atoms with Gasteiger partial charge in [-0.3, -0.25) is 14.9 Å². The highest BCUT2D eigenvalue weighted by molar-refractivity contribution is 5.77. The first-order valence-corrected chi connectivity index (χ1v) is 6.67. The molecule has 2 aromatic rings. The van der Waals surface area contributed by atoms with Crippen LogP contribution in [0.3, 0.4) is 0 Å². The van der Waals surface area contributed by atoms with Gasteiger partial charge in [-0.2, -0.15) is 4.68 Å². The minimum Gasteiger partial charge on any atom is -0.272 e. The van der Waals surface area contributed by atoms with Crippen molar-refractivity contribution in [3.05, 3.63) is 55.3 Å². The first kappa shape index (κ1) is 15.4. The fourth-order valence-corrected chi connectivity index (χ4v) is 1.94. The van der Waals surface area contributed by atoms with Crippen LogP contribution < -0.4 is 11.4 Å². The number of nitro groups is 1. The summed E-state index contributed by atoms with van der Waals surface area (Å²) < 4.78 is 1.42. The summed E-state index contributed by atoms with van der Waals surface area (Å²) in [6.45, 7) is 1.90. The SMILES string of the molecule is CCCCC(=O)n1[nH]c(=O)n(-c2ccc([N+](=O)[O-])cc2)c1=O. The number of carbonyl (C=O) groups excluding carboxylic acids is 1. The number of unbranched alkanes of at least 4 members (excludes halogenated alkanes) is 1. The van der Waals surface area contributed by atoms with E-state index in [1.54, 1.807) is 0 Å². The molecule has 0 atom stereocenters.